The molecule has 1 nitrogen and oxygen atoms in total. The van der Waals surface area contributed by atoms with Gasteiger partial charge in [0, 0.05) is 18.1 Å². The van der Waals surface area contributed by atoms with Gasteiger partial charge in [-0.3, -0.25) is 4.90 Å². The fourth-order valence-electron chi connectivity index (χ4n) is 2.17. The molecule has 80 valence electrons. The highest BCUT2D eigenvalue weighted by atomic mass is 15.2. The molecular formula is C12H27N. The average Bonchev–Trinajstić information content (AvgIpc) is 2.01. The van der Waals surface area contributed by atoms with E-state index >= 15 is 0 Å². The molecule has 0 spiro atoms. The molecule has 0 aliphatic heterocycles. The summed E-state index contributed by atoms with van der Waals surface area (Å²) >= 11 is 0. The molecule has 0 N–H and O–H groups in total. The van der Waals surface area contributed by atoms with Crippen LogP contribution in [0.25, 0.3) is 0 Å². The third kappa shape index (κ3) is 3.68. The molecule has 0 saturated heterocycles. The molecule has 0 heterocycles. The van der Waals surface area contributed by atoms with Gasteiger partial charge in [0.2, 0.25) is 0 Å². The van der Waals surface area contributed by atoms with E-state index in [1.807, 2.05) is 0 Å². The largest absolute Gasteiger partial charge is 0.296 e. The number of nitrogens with zero attached hydrogens (tertiary/aromatic N) is 1. The summed E-state index contributed by atoms with van der Waals surface area (Å²) in [5, 5.41) is 0. The molecule has 0 aliphatic rings. The van der Waals surface area contributed by atoms with Crippen molar-refractivity contribution in [2.45, 2.75) is 73.0 Å². The predicted octanol–water partition coefficient (Wildman–Crippen LogP) is 3.54. The van der Waals surface area contributed by atoms with E-state index in [9.17, 15) is 0 Å². The Morgan fingerprint density at radius 2 is 1.23 bits per heavy atom. The van der Waals surface area contributed by atoms with E-state index in [4.69, 9.17) is 0 Å². The second-order valence-corrected chi connectivity index (χ2v) is 4.76. The molecule has 0 aromatic heterocycles. The Balaban J connectivity index is 4.36. The normalized spacial score (nSPS) is 17.1. The maximum Gasteiger partial charge on any atom is 0.00978 e. The van der Waals surface area contributed by atoms with Crippen molar-refractivity contribution in [2.75, 3.05) is 0 Å². The minimum atomic E-state index is 0.656. The van der Waals surface area contributed by atoms with Gasteiger partial charge in [-0.25, -0.2) is 0 Å². The van der Waals surface area contributed by atoms with Gasteiger partial charge in [-0.1, -0.05) is 20.3 Å². The van der Waals surface area contributed by atoms with Crippen LogP contribution >= 0.6 is 0 Å². The maximum absolute atomic E-state index is 2.61. The highest BCUT2D eigenvalue weighted by Crippen LogP contribution is 2.19. The van der Waals surface area contributed by atoms with E-state index in [1.54, 1.807) is 0 Å². The molecule has 0 radical (unpaired) electrons. The topological polar surface area (TPSA) is 3.24 Å². The van der Waals surface area contributed by atoms with Crippen LogP contribution in [0.5, 0.6) is 0 Å². The van der Waals surface area contributed by atoms with Gasteiger partial charge >= 0.3 is 0 Å². The summed E-state index contributed by atoms with van der Waals surface area (Å²) < 4.78 is 0. The van der Waals surface area contributed by atoms with Gasteiger partial charge in [-0.15, -0.1) is 0 Å². The molecule has 13 heavy (non-hydrogen) atoms. The summed E-state index contributed by atoms with van der Waals surface area (Å²) in [6.45, 7) is 16.1. The third-order valence-electron chi connectivity index (χ3n) is 3.13. The third-order valence-corrected chi connectivity index (χ3v) is 3.13. The van der Waals surface area contributed by atoms with Crippen molar-refractivity contribution < 1.29 is 0 Å². The molecule has 0 rings (SSSR count). The second-order valence-electron chi connectivity index (χ2n) is 4.76. The van der Waals surface area contributed by atoms with Crippen molar-refractivity contribution in [2.24, 2.45) is 5.92 Å². The predicted molar refractivity (Wildman–Crippen MR) is 61.0 cm³/mol. The number of hydrogen-bond acceptors (Lipinski definition) is 1. The van der Waals surface area contributed by atoms with Crippen molar-refractivity contribution in [3.63, 3.8) is 0 Å². The highest BCUT2D eigenvalue weighted by molar-refractivity contribution is 4.77. The molecule has 2 unspecified atom stereocenters. The minimum Gasteiger partial charge on any atom is -0.296 e. The first kappa shape index (κ1) is 13.0. The van der Waals surface area contributed by atoms with Crippen LogP contribution in [0.4, 0.5) is 0 Å². The van der Waals surface area contributed by atoms with Gasteiger partial charge in [-0.05, 0) is 40.5 Å². The quantitative estimate of drug-likeness (QED) is 0.633. The van der Waals surface area contributed by atoms with Gasteiger partial charge in [0.25, 0.3) is 0 Å². The SMILES string of the molecule is CCC(C)C(C)N(C(C)C)C(C)C. The molecule has 0 aliphatic carbocycles. The van der Waals surface area contributed by atoms with Crippen molar-refractivity contribution in [3.05, 3.63) is 0 Å². The lowest BCUT2D eigenvalue weighted by Gasteiger charge is -2.39. The van der Waals surface area contributed by atoms with Gasteiger partial charge in [0.05, 0.1) is 0 Å². The maximum atomic E-state index is 2.61. The minimum absolute atomic E-state index is 0.656. The van der Waals surface area contributed by atoms with Crippen LogP contribution in [0, 0.1) is 5.92 Å². The Kier molecular flexibility index (Phi) is 5.62. The Morgan fingerprint density at radius 3 is 1.46 bits per heavy atom. The second kappa shape index (κ2) is 5.64. The van der Waals surface area contributed by atoms with Crippen molar-refractivity contribution in [3.8, 4) is 0 Å². The Morgan fingerprint density at radius 1 is 0.846 bits per heavy atom. The van der Waals surface area contributed by atoms with Crippen LogP contribution in [0.2, 0.25) is 0 Å². The molecule has 0 saturated carbocycles. The Bertz CT molecular complexity index is 121. The van der Waals surface area contributed by atoms with Gasteiger partial charge < -0.3 is 0 Å². The van der Waals surface area contributed by atoms with Crippen molar-refractivity contribution in [1.82, 2.24) is 4.90 Å². The summed E-state index contributed by atoms with van der Waals surface area (Å²) in [6.07, 6.45) is 1.27. The summed E-state index contributed by atoms with van der Waals surface area (Å²) in [5.74, 6) is 0.796. The molecule has 0 aromatic carbocycles. The van der Waals surface area contributed by atoms with Gasteiger partial charge in [0.15, 0.2) is 0 Å². The summed E-state index contributed by atoms with van der Waals surface area (Å²) in [6, 6.07) is 2.01. The van der Waals surface area contributed by atoms with Crippen LogP contribution in [-0.4, -0.2) is 23.0 Å². The van der Waals surface area contributed by atoms with Crippen LogP contribution in [0.3, 0.4) is 0 Å². The van der Waals surface area contributed by atoms with E-state index in [0.29, 0.717) is 18.1 Å². The summed E-state index contributed by atoms with van der Waals surface area (Å²) in [5.41, 5.74) is 0. The molecule has 0 aromatic rings. The zero-order valence-corrected chi connectivity index (χ0v) is 10.5. The first-order valence-electron chi connectivity index (χ1n) is 5.69. The standard InChI is InChI=1S/C12H27N/c1-8-11(6)12(7)13(9(2)3)10(4)5/h9-12H,8H2,1-7H3. The molecule has 0 fully saturated rings. The van der Waals surface area contributed by atoms with Gasteiger partial charge in [0.1, 0.15) is 0 Å². The van der Waals surface area contributed by atoms with Crippen LogP contribution < -0.4 is 0 Å². The molecule has 2 atom stereocenters. The lowest BCUT2D eigenvalue weighted by molar-refractivity contribution is 0.0876. The van der Waals surface area contributed by atoms with E-state index in [1.165, 1.54) is 6.42 Å². The number of hydrogen-bond donors (Lipinski definition) is 0. The van der Waals surface area contributed by atoms with E-state index in [-0.39, 0.29) is 0 Å². The van der Waals surface area contributed by atoms with E-state index in [0.717, 1.165) is 5.92 Å². The average molecular weight is 185 g/mol. The lowest BCUT2D eigenvalue weighted by Crippen LogP contribution is -2.46. The number of rotatable bonds is 5. The zero-order chi connectivity index (χ0) is 10.6. The Labute approximate surface area is 84.5 Å². The Hall–Kier alpha value is -0.0400. The molecular weight excluding hydrogens is 158 g/mol. The first-order chi connectivity index (χ1) is 5.91. The van der Waals surface area contributed by atoms with Crippen LogP contribution in [0.1, 0.15) is 54.9 Å². The molecule has 0 amide bonds. The highest BCUT2D eigenvalue weighted by Gasteiger charge is 2.23. The van der Waals surface area contributed by atoms with Crippen LogP contribution in [-0.2, 0) is 0 Å². The first-order valence-corrected chi connectivity index (χ1v) is 5.69. The van der Waals surface area contributed by atoms with Gasteiger partial charge in [-0.2, -0.15) is 0 Å². The smallest absolute Gasteiger partial charge is 0.00978 e. The summed E-state index contributed by atoms with van der Waals surface area (Å²) in [4.78, 5) is 2.61. The van der Waals surface area contributed by atoms with Crippen molar-refractivity contribution in [1.29, 1.82) is 0 Å². The van der Waals surface area contributed by atoms with Crippen molar-refractivity contribution >= 4 is 0 Å². The monoisotopic (exact) mass is 185 g/mol. The molecule has 1 heteroatoms. The fourth-order valence-corrected chi connectivity index (χ4v) is 2.17. The van der Waals surface area contributed by atoms with Crippen LogP contribution in [0.15, 0.2) is 0 Å². The summed E-state index contributed by atoms with van der Waals surface area (Å²) in [7, 11) is 0. The van der Waals surface area contributed by atoms with E-state index < -0.39 is 0 Å². The zero-order valence-electron chi connectivity index (χ0n) is 10.5. The molecule has 0 bridgehead atoms. The lowest BCUT2D eigenvalue weighted by atomic mass is 9.97. The fraction of sp³-hybridized carbons (Fsp3) is 1.00. The van der Waals surface area contributed by atoms with E-state index in [2.05, 4.69) is 53.4 Å².